The Balaban J connectivity index is 1.37. The van der Waals surface area contributed by atoms with Crippen molar-refractivity contribution in [1.29, 1.82) is 0 Å². The van der Waals surface area contributed by atoms with Crippen LogP contribution in [0.5, 0.6) is 0 Å². The quantitative estimate of drug-likeness (QED) is 0.125. The molecule has 0 N–H and O–H groups in total. The second kappa shape index (κ2) is 12.5. The first kappa shape index (κ1) is 26.3. The molecular formula is C26H29N5O5S. The van der Waals surface area contributed by atoms with Gasteiger partial charge in [0.2, 0.25) is 5.91 Å². The molecule has 1 aliphatic heterocycles. The summed E-state index contributed by atoms with van der Waals surface area (Å²) < 4.78 is 7.02. The van der Waals surface area contributed by atoms with E-state index in [1.165, 1.54) is 23.9 Å². The number of non-ortho nitro benzene ring substituents is 1. The number of carbonyl (C=O) groups excluding carboxylic acids is 2. The minimum atomic E-state index is -0.434. The number of carbonyl (C=O) groups is 2. The predicted octanol–water partition coefficient (Wildman–Crippen LogP) is 4.52. The minimum absolute atomic E-state index is 0.0129. The number of benzene rings is 2. The van der Waals surface area contributed by atoms with E-state index in [1.807, 2.05) is 39.8 Å². The molecule has 3 aromatic rings. The Bertz CT molecular complexity index is 1220. The molecule has 11 heteroatoms. The number of likely N-dealkylation sites (tertiary alicyclic amines) is 1. The smallest absolute Gasteiger partial charge is 0.309 e. The van der Waals surface area contributed by atoms with Gasteiger partial charge in [0.1, 0.15) is 0 Å². The second-order valence-electron chi connectivity index (χ2n) is 8.64. The Morgan fingerprint density at radius 3 is 2.43 bits per heavy atom. The van der Waals surface area contributed by atoms with Gasteiger partial charge in [-0.1, -0.05) is 30.0 Å². The molecule has 1 fully saturated rings. The van der Waals surface area contributed by atoms with E-state index in [1.54, 1.807) is 19.1 Å². The van der Waals surface area contributed by atoms with Gasteiger partial charge in [0.25, 0.3) is 5.69 Å². The van der Waals surface area contributed by atoms with Crippen LogP contribution in [0.25, 0.3) is 17.1 Å². The number of nitro groups is 1. The number of nitro benzene ring substituents is 1. The van der Waals surface area contributed by atoms with E-state index < -0.39 is 4.92 Å². The van der Waals surface area contributed by atoms with Crippen LogP contribution in [0.3, 0.4) is 0 Å². The molecule has 0 unspecified atom stereocenters. The van der Waals surface area contributed by atoms with Gasteiger partial charge in [-0.05, 0) is 50.5 Å². The van der Waals surface area contributed by atoms with Crippen molar-refractivity contribution in [3.05, 3.63) is 64.7 Å². The van der Waals surface area contributed by atoms with E-state index >= 15 is 0 Å². The Kier molecular flexibility index (Phi) is 8.89. The monoisotopic (exact) mass is 523 g/mol. The summed E-state index contributed by atoms with van der Waals surface area (Å²) in [7, 11) is 0. The van der Waals surface area contributed by atoms with Crippen LogP contribution in [0, 0.1) is 16.0 Å². The number of nitrogens with zero attached hydrogens (tertiary/aromatic N) is 5. The molecule has 0 aliphatic carbocycles. The van der Waals surface area contributed by atoms with E-state index in [0.29, 0.717) is 62.1 Å². The van der Waals surface area contributed by atoms with Gasteiger partial charge in [0.15, 0.2) is 11.0 Å². The van der Waals surface area contributed by atoms with E-state index in [4.69, 9.17) is 4.74 Å². The first-order chi connectivity index (χ1) is 18.0. The van der Waals surface area contributed by atoms with Gasteiger partial charge in [-0.2, -0.15) is 0 Å². The average Bonchev–Trinajstić information content (AvgIpc) is 3.35. The SMILES string of the molecule is CCOC(=O)C1CCN(C(=O)CCCSc2nnc(-c3ccc([N+](=O)[O-])cc3)n2-c2ccccc2)CC1. The number of rotatable bonds is 10. The third-order valence-corrected chi connectivity index (χ3v) is 7.23. The second-order valence-corrected chi connectivity index (χ2v) is 9.70. The summed E-state index contributed by atoms with van der Waals surface area (Å²) in [6, 6.07) is 15.9. The van der Waals surface area contributed by atoms with Gasteiger partial charge < -0.3 is 9.64 Å². The fraction of sp³-hybridized carbons (Fsp3) is 0.385. The van der Waals surface area contributed by atoms with Crippen LogP contribution in [-0.4, -0.2) is 61.9 Å². The van der Waals surface area contributed by atoms with E-state index in [2.05, 4.69) is 10.2 Å². The van der Waals surface area contributed by atoms with E-state index in [0.717, 1.165) is 11.3 Å². The lowest BCUT2D eigenvalue weighted by Gasteiger charge is -2.31. The molecule has 1 aromatic heterocycles. The zero-order valence-electron chi connectivity index (χ0n) is 20.6. The number of piperidine rings is 1. The summed E-state index contributed by atoms with van der Waals surface area (Å²) in [5, 5.41) is 20.5. The maximum absolute atomic E-state index is 12.7. The number of hydrogen-bond acceptors (Lipinski definition) is 8. The van der Waals surface area contributed by atoms with Gasteiger partial charge in [0, 0.05) is 48.6 Å². The van der Waals surface area contributed by atoms with Crippen LogP contribution < -0.4 is 0 Å². The molecule has 10 nitrogen and oxygen atoms in total. The molecule has 0 saturated carbocycles. The molecule has 0 bridgehead atoms. The molecule has 2 heterocycles. The molecule has 2 aromatic carbocycles. The number of esters is 1. The summed E-state index contributed by atoms with van der Waals surface area (Å²) in [5.41, 5.74) is 1.61. The molecule has 4 rings (SSSR count). The summed E-state index contributed by atoms with van der Waals surface area (Å²) in [6.45, 7) is 3.34. The van der Waals surface area contributed by atoms with Gasteiger partial charge >= 0.3 is 5.97 Å². The maximum atomic E-state index is 12.7. The van der Waals surface area contributed by atoms with Gasteiger partial charge in [-0.3, -0.25) is 24.3 Å². The Labute approximate surface area is 219 Å². The number of aromatic nitrogens is 3. The van der Waals surface area contributed by atoms with E-state index in [-0.39, 0.29) is 23.5 Å². The fourth-order valence-electron chi connectivity index (χ4n) is 4.26. The highest BCUT2D eigenvalue weighted by Crippen LogP contribution is 2.29. The highest BCUT2D eigenvalue weighted by atomic mass is 32.2. The molecule has 0 atom stereocenters. The van der Waals surface area contributed by atoms with Gasteiger partial charge in [-0.15, -0.1) is 10.2 Å². The highest BCUT2D eigenvalue weighted by molar-refractivity contribution is 7.99. The van der Waals surface area contributed by atoms with Crippen LogP contribution in [0.4, 0.5) is 5.69 Å². The van der Waals surface area contributed by atoms with Crippen molar-refractivity contribution in [2.45, 2.75) is 37.8 Å². The lowest BCUT2D eigenvalue weighted by Crippen LogP contribution is -2.40. The third-order valence-electron chi connectivity index (χ3n) is 6.22. The maximum Gasteiger partial charge on any atom is 0.309 e. The zero-order valence-corrected chi connectivity index (χ0v) is 21.4. The molecule has 1 amide bonds. The average molecular weight is 524 g/mol. The predicted molar refractivity (Wildman–Crippen MR) is 139 cm³/mol. The summed E-state index contributed by atoms with van der Waals surface area (Å²) in [4.78, 5) is 37.0. The van der Waals surface area contributed by atoms with Gasteiger partial charge in [0.05, 0.1) is 17.4 Å². The topological polar surface area (TPSA) is 120 Å². The summed E-state index contributed by atoms with van der Waals surface area (Å²) in [6.07, 6.45) is 2.39. The summed E-state index contributed by atoms with van der Waals surface area (Å²) in [5.74, 6) is 1.08. The minimum Gasteiger partial charge on any atom is -0.466 e. The van der Waals surface area contributed by atoms with Crippen molar-refractivity contribution in [1.82, 2.24) is 19.7 Å². The van der Waals surface area contributed by atoms with E-state index in [9.17, 15) is 19.7 Å². The van der Waals surface area contributed by atoms with Crippen LogP contribution in [0.15, 0.2) is 59.8 Å². The Hall–Kier alpha value is -3.73. The van der Waals surface area contributed by atoms with Gasteiger partial charge in [-0.25, -0.2) is 0 Å². The number of hydrogen-bond donors (Lipinski definition) is 0. The van der Waals surface area contributed by atoms with Crippen LogP contribution >= 0.6 is 11.8 Å². The lowest BCUT2D eigenvalue weighted by molar-refractivity contribution is -0.384. The number of para-hydroxylation sites is 1. The first-order valence-electron chi connectivity index (χ1n) is 12.3. The number of ether oxygens (including phenoxy) is 1. The van der Waals surface area contributed by atoms with Crippen molar-refractivity contribution in [3.8, 4) is 17.1 Å². The van der Waals surface area contributed by atoms with Crippen LogP contribution in [0.2, 0.25) is 0 Å². The highest BCUT2D eigenvalue weighted by Gasteiger charge is 2.28. The van der Waals surface area contributed by atoms with Crippen molar-refractivity contribution in [2.24, 2.45) is 5.92 Å². The molecule has 194 valence electrons. The molecular weight excluding hydrogens is 494 g/mol. The molecule has 0 spiro atoms. The van der Waals surface area contributed by atoms with Crippen molar-refractivity contribution in [3.63, 3.8) is 0 Å². The Morgan fingerprint density at radius 1 is 1.08 bits per heavy atom. The van der Waals surface area contributed by atoms with Crippen LogP contribution in [-0.2, 0) is 14.3 Å². The molecule has 37 heavy (non-hydrogen) atoms. The number of amides is 1. The Morgan fingerprint density at radius 2 is 1.78 bits per heavy atom. The molecule has 1 aliphatic rings. The first-order valence-corrected chi connectivity index (χ1v) is 13.3. The summed E-state index contributed by atoms with van der Waals surface area (Å²) >= 11 is 1.51. The third kappa shape index (κ3) is 6.53. The molecule has 0 radical (unpaired) electrons. The van der Waals surface area contributed by atoms with Crippen molar-refractivity contribution < 1.29 is 19.2 Å². The van der Waals surface area contributed by atoms with Crippen LogP contribution in [0.1, 0.15) is 32.6 Å². The largest absolute Gasteiger partial charge is 0.466 e. The lowest BCUT2D eigenvalue weighted by atomic mass is 9.97. The fourth-order valence-corrected chi connectivity index (χ4v) is 5.15. The molecule has 1 saturated heterocycles. The standard InChI is InChI=1S/C26H29N5O5S/c1-2-36-25(33)20-14-16-29(17-15-20)23(32)9-6-18-37-26-28-27-24(30(26)21-7-4-3-5-8-21)19-10-12-22(13-11-19)31(34)35/h3-5,7-8,10-13,20H,2,6,9,14-18H2,1H3. The normalized spacial score (nSPS) is 13.9. The number of thioether (sulfide) groups is 1. The van der Waals surface area contributed by atoms with Crippen molar-refractivity contribution >= 4 is 29.3 Å². The zero-order chi connectivity index (χ0) is 26.2. The van der Waals surface area contributed by atoms with Crippen molar-refractivity contribution in [2.75, 3.05) is 25.4 Å².